The highest BCUT2D eigenvalue weighted by Crippen LogP contribution is 2.25. The number of rotatable bonds is 0. The lowest BCUT2D eigenvalue weighted by molar-refractivity contribution is 0.964. The Labute approximate surface area is 111 Å². The van der Waals surface area contributed by atoms with Gasteiger partial charge in [0.2, 0.25) is 0 Å². The van der Waals surface area contributed by atoms with Crippen LogP contribution in [0.3, 0.4) is 0 Å². The summed E-state index contributed by atoms with van der Waals surface area (Å²) < 4.78 is 4.53. The minimum atomic E-state index is 0.643. The second kappa shape index (κ2) is 5.58. The van der Waals surface area contributed by atoms with Crippen LogP contribution in [0.2, 0.25) is 0 Å². The quantitative estimate of drug-likeness (QED) is 0.547. The van der Waals surface area contributed by atoms with E-state index in [1.807, 2.05) is 12.1 Å². The van der Waals surface area contributed by atoms with Crippen LogP contribution >= 0.6 is 46.0 Å². The number of thiocarbonyl (C=S) groups is 2. The van der Waals surface area contributed by atoms with Gasteiger partial charge in [-0.3, -0.25) is 0 Å². The fraction of sp³-hybridized carbons (Fsp3) is 0. The van der Waals surface area contributed by atoms with E-state index < -0.39 is 0 Å². The summed E-state index contributed by atoms with van der Waals surface area (Å²) >= 11 is 10.4. The molecule has 2 heterocycles. The highest BCUT2D eigenvalue weighted by atomic mass is 33.1. The van der Waals surface area contributed by atoms with Crippen molar-refractivity contribution in [3.8, 4) is 0 Å². The molecule has 0 atom stereocenters. The summed E-state index contributed by atoms with van der Waals surface area (Å²) in [4.78, 5) is 0. The molecule has 0 radical (unpaired) electrons. The topological polar surface area (TPSA) is 35.6 Å². The SMILES string of the molecule is S=C(SSC(=S)n1cccn1)n1cccn1. The summed E-state index contributed by atoms with van der Waals surface area (Å²) in [6, 6.07) is 3.65. The molecule has 0 aliphatic carbocycles. The average Bonchev–Trinajstić information content (AvgIpc) is 2.95. The summed E-state index contributed by atoms with van der Waals surface area (Å²) in [6.45, 7) is 0. The molecule has 0 aromatic carbocycles. The van der Waals surface area contributed by atoms with Crippen LogP contribution in [0, 0.1) is 0 Å². The number of aromatic nitrogens is 4. The normalized spacial score (nSPS) is 10.2. The van der Waals surface area contributed by atoms with Crippen molar-refractivity contribution in [3.63, 3.8) is 0 Å². The van der Waals surface area contributed by atoms with Gasteiger partial charge in [0.15, 0.2) is 8.64 Å². The van der Waals surface area contributed by atoms with E-state index in [4.69, 9.17) is 24.4 Å². The first-order valence-corrected chi connectivity index (χ1v) is 7.16. The van der Waals surface area contributed by atoms with Gasteiger partial charge < -0.3 is 0 Å². The van der Waals surface area contributed by atoms with E-state index in [0.29, 0.717) is 8.64 Å². The third kappa shape index (κ3) is 2.91. The van der Waals surface area contributed by atoms with Gasteiger partial charge in [0.1, 0.15) is 0 Å². The lowest BCUT2D eigenvalue weighted by Gasteiger charge is -2.03. The van der Waals surface area contributed by atoms with Crippen molar-refractivity contribution in [2.24, 2.45) is 0 Å². The van der Waals surface area contributed by atoms with Crippen molar-refractivity contribution in [1.82, 2.24) is 19.6 Å². The van der Waals surface area contributed by atoms with Crippen LogP contribution in [-0.2, 0) is 0 Å². The summed E-state index contributed by atoms with van der Waals surface area (Å²) in [5.41, 5.74) is 0. The van der Waals surface area contributed by atoms with Crippen LogP contribution in [0.5, 0.6) is 0 Å². The molecule has 4 nitrogen and oxygen atoms in total. The van der Waals surface area contributed by atoms with Gasteiger partial charge in [0, 0.05) is 24.8 Å². The maximum absolute atomic E-state index is 5.18. The minimum absolute atomic E-state index is 0.643. The van der Waals surface area contributed by atoms with E-state index in [1.165, 1.54) is 21.6 Å². The Kier molecular flexibility index (Phi) is 4.10. The second-order valence-corrected chi connectivity index (χ2v) is 6.00. The summed E-state index contributed by atoms with van der Waals surface area (Å²) in [5, 5.41) is 8.06. The first kappa shape index (κ1) is 11.8. The molecule has 2 aromatic heterocycles. The molecule has 0 unspecified atom stereocenters. The lowest BCUT2D eigenvalue weighted by atomic mass is 10.8. The van der Waals surface area contributed by atoms with Gasteiger partial charge in [0.05, 0.1) is 0 Å². The molecule has 0 saturated heterocycles. The summed E-state index contributed by atoms with van der Waals surface area (Å²) in [7, 11) is 2.77. The molecular weight excluding hydrogens is 280 g/mol. The van der Waals surface area contributed by atoms with Gasteiger partial charge in [-0.2, -0.15) is 10.2 Å². The highest BCUT2D eigenvalue weighted by molar-refractivity contribution is 8.89. The van der Waals surface area contributed by atoms with Crippen molar-refractivity contribution < 1.29 is 0 Å². The Hall–Kier alpha value is -0.700. The summed E-state index contributed by atoms with van der Waals surface area (Å²) in [6.07, 6.45) is 6.96. The largest absolute Gasteiger partial charge is 0.223 e. The van der Waals surface area contributed by atoms with Gasteiger partial charge >= 0.3 is 0 Å². The molecular formula is C8H6N4S4. The lowest BCUT2D eigenvalue weighted by Crippen LogP contribution is -2.07. The second-order valence-electron chi connectivity index (χ2n) is 2.60. The minimum Gasteiger partial charge on any atom is -0.223 e. The van der Waals surface area contributed by atoms with Gasteiger partial charge in [0.25, 0.3) is 0 Å². The Morgan fingerprint density at radius 3 is 1.62 bits per heavy atom. The molecule has 0 fully saturated rings. The van der Waals surface area contributed by atoms with Crippen molar-refractivity contribution in [2.45, 2.75) is 0 Å². The van der Waals surface area contributed by atoms with E-state index in [9.17, 15) is 0 Å². The van der Waals surface area contributed by atoms with Crippen molar-refractivity contribution in [3.05, 3.63) is 36.9 Å². The Balaban J connectivity index is 1.89. The van der Waals surface area contributed by atoms with Gasteiger partial charge in [-0.05, 0) is 58.2 Å². The average molecular weight is 286 g/mol. The Morgan fingerprint density at radius 1 is 0.875 bits per heavy atom. The molecule has 0 aliphatic heterocycles. The Bertz CT molecular complexity index is 430. The number of nitrogens with zero attached hydrogens (tertiary/aromatic N) is 4. The zero-order valence-corrected chi connectivity index (χ0v) is 11.2. The fourth-order valence-corrected chi connectivity index (χ4v) is 3.13. The van der Waals surface area contributed by atoms with Crippen LogP contribution in [0.1, 0.15) is 0 Å². The van der Waals surface area contributed by atoms with E-state index in [0.717, 1.165) is 0 Å². The molecule has 0 bridgehead atoms. The third-order valence-electron chi connectivity index (χ3n) is 1.57. The standard InChI is InChI=1S/C8H6N4S4/c13-7(11-5-1-3-9-11)15-16-8(14)12-6-2-4-10-12/h1-6H. The third-order valence-corrected chi connectivity index (χ3v) is 5.01. The molecule has 16 heavy (non-hydrogen) atoms. The van der Waals surface area contributed by atoms with Crippen molar-refractivity contribution in [2.75, 3.05) is 0 Å². The van der Waals surface area contributed by atoms with Gasteiger partial charge in [-0.15, -0.1) is 0 Å². The first-order chi connectivity index (χ1) is 7.77. The highest BCUT2D eigenvalue weighted by Gasteiger charge is 2.06. The predicted molar refractivity (Wildman–Crippen MR) is 75.6 cm³/mol. The molecule has 2 aromatic rings. The molecule has 0 amide bonds. The van der Waals surface area contributed by atoms with Crippen LogP contribution in [-0.4, -0.2) is 28.2 Å². The Morgan fingerprint density at radius 2 is 1.31 bits per heavy atom. The zero-order chi connectivity index (χ0) is 11.4. The summed E-state index contributed by atoms with van der Waals surface area (Å²) in [5.74, 6) is 0. The van der Waals surface area contributed by atoms with E-state index in [1.54, 1.807) is 34.2 Å². The van der Waals surface area contributed by atoms with Crippen LogP contribution in [0.25, 0.3) is 0 Å². The van der Waals surface area contributed by atoms with E-state index in [2.05, 4.69) is 10.2 Å². The fourth-order valence-electron chi connectivity index (χ4n) is 0.901. The van der Waals surface area contributed by atoms with Crippen molar-refractivity contribution >= 4 is 54.7 Å². The van der Waals surface area contributed by atoms with Crippen LogP contribution in [0.15, 0.2) is 36.9 Å². The molecule has 0 N–H and O–H groups in total. The molecule has 82 valence electrons. The molecule has 0 spiro atoms. The zero-order valence-electron chi connectivity index (χ0n) is 7.89. The maximum atomic E-state index is 5.18. The van der Waals surface area contributed by atoms with Gasteiger partial charge in [-0.25, -0.2) is 9.36 Å². The van der Waals surface area contributed by atoms with Crippen LogP contribution < -0.4 is 0 Å². The first-order valence-electron chi connectivity index (χ1n) is 4.20. The molecule has 0 aliphatic rings. The molecule has 0 saturated carbocycles. The number of hydrogen-bond donors (Lipinski definition) is 0. The van der Waals surface area contributed by atoms with Gasteiger partial charge in [-0.1, -0.05) is 0 Å². The number of hydrogen-bond acceptors (Lipinski definition) is 6. The molecule has 2 rings (SSSR count). The van der Waals surface area contributed by atoms with Crippen molar-refractivity contribution in [1.29, 1.82) is 0 Å². The molecule has 8 heteroatoms. The predicted octanol–water partition coefficient (Wildman–Crippen LogP) is 2.43. The van der Waals surface area contributed by atoms with E-state index in [-0.39, 0.29) is 0 Å². The van der Waals surface area contributed by atoms with Crippen LogP contribution in [0.4, 0.5) is 0 Å². The monoisotopic (exact) mass is 286 g/mol. The maximum Gasteiger partial charge on any atom is 0.172 e. The van der Waals surface area contributed by atoms with E-state index >= 15 is 0 Å². The smallest absolute Gasteiger partial charge is 0.172 e.